The molecule has 13 heavy (non-hydrogen) atoms. The lowest BCUT2D eigenvalue weighted by atomic mass is 10.2. The van der Waals surface area contributed by atoms with E-state index in [1.54, 1.807) is 0 Å². The van der Waals surface area contributed by atoms with Gasteiger partial charge in [-0.1, -0.05) is 13.2 Å². The first-order chi connectivity index (χ1) is 8.13. The summed E-state index contributed by atoms with van der Waals surface area (Å²) in [4.78, 5) is 22.5. The van der Waals surface area contributed by atoms with Gasteiger partial charge < -0.3 is 10.1 Å². The van der Waals surface area contributed by atoms with Crippen LogP contribution in [-0.2, 0) is 14.3 Å². The Balaban J connectivity index is 2.40. The van der Waals surface area contributed by atoms with Gasteiger partial charge in [0.1, 0.15) is 6.04 Å². The van der Waals surface area contributed by atoms with E-state index in [-0.39, 0.29) is 13.0 Å². The van der Waals surface area contributed by atoms with Crippen LogP contribution in [0, 0.1) is 0 Å². The van der Waals surface area contributed by atoms with Crippen molar-refractivity contribution in [1.29, 1.82) is 0 Å². The Morgan fingerprint density at radius 3 is 3.38 bits per heavy atom. The standard InChI is InChI=1S/C9H15NO3/c1-2-3-4-8(11)10-7-5-6-13-9(7)12/h7H,2-6H2,1H3,(H,10,11)/t7-/m0/s1/i1D3,2D2. The summed E-state index contributed by atoms with van der Waals surface area (Å²) in [5, 5.41) is 2.39. The van der Waals surface area contributed by atoms with Gasteiger partial charge in [-0.3, -0.25) is 4.79 Å². The molecule has 1 aliphatic rings. The van der Waals surface area contributed by atoms with Crippen molar-refractivity contribution in [2.75, 3.05) is 6.61 Å². The summed E-state index contributed by atoms with van der Waals surface area (Å²) in [7, 11) is 0. The molecule has 0 aliphatic carbocycles. The number of amides is 1. The van der Waals surface area contributed by atoms with Gasteiger partial charge >= 0.3 is 5.97 Å². The number of hydrogen-bond donors (Lipinski definition) is 1. The predicted octanol–water partition coefficient (Wildman–Crippen LogP) is 0.608. The second-order valence-electron chi connectivity index (χ2n) is 2.75. The molecule has 1 rings (SSSR count). The SMILES string of the molecule is [2H]C([2H])([2H])C([2H])([2H])CCC(=O)N[C@H]1CCOC1=O. The maximum absolute atomic E-state index is 11.4. The van der Waals surface area contributed by atoms with Crippen LogP contribution in [0.1, 0.15) is 39.3 Å². The van der Waals surface area contributed by atoms with Gasteiger partial charge in [-0.2, -0.15) is 0 Å². The third-order valence-electron chi connectivity index (χ3n) is 1.75. The molecular weight excluding hydrogens is 170 g/mol. The van der Waals surface area contributed by atoms with Crippen LogP contribution in [0.25, 0.3) is 0 Å². The Labute approximate surface area is 84.7 Å². The molecule has 1 saturated heterocycles. The fourth-order valence-corrected chi connectivity index (χ4v) is 1.07. The highest BCUT2D eigenvalue weighted by Gasteiger charge is 2.27. The minimum absolute atomic E-state index is 0.250. The number of ether oxygens (including phenoxy) is 1. The molecule has 4 nitrogen and oxygen atoms in total. The van der Waals surface area contributed by atoms with Crippen LogP contribution in [0.15, 0.2) is 0 Å². The molecule has 1 N–H and O–H groups in total. The van der Waals surface area contributed by atoms with Gasteiger partial charge in [0.25, 0.3) is 0 Å². The Morgan fingerprint density at radius 2 is 2.77 bits per heavy atom. The summed E-state index contributed by atoms with van der Waals surface area (Å²) in [6.45, 7) is -2.51. The van der Waals surface area contributed by atoms with Crippen LogP contribution in [0.5, 0.6) is 0 Å². The van der Waals surface area contributed by atoms with Crippen molar-refractivity contribution in [3.63, 3.8) is 0 Å². The summed E-state index contributed by atoms with van der Waals surface area (Å²) < 4.78 is 40.3. The molecule has 0 saturated carbocycles. The zero-order valence-electron chi connectivity index (χ0n) is 12.1. The molecule has 4 heteroatoms. The number of carbonyl (C=O) groups excluding carboxylic acids is 2. The van der Waals surface area contributed by atoms with Gasteiger partial charge in [-0.05, 0) is 6.42 Å². The van der Waals surface area contributed by atoms with Crippen molar-refractivity contribution in [2.24, 2.45) is 0 Å². The van der Waals surface area contributed by atoms with Crippen molar-refractivity contribution < 1.29 is 21.2 Å². The third kappa shape index (κ3) is 3.05. The lowest BCUT2D eigenvalue weighted by Gasteiger charge is -2.07. The molecule has 0 radical (unpaired) electrons. The van der Waals surface area contributed by atoms with Crippen LogP contribution in [0.3, 0.4) is 0 Å². The van der Waals surface area contributed by atoms with E-state index in [4.69, 9.17) is 6.85 Å². The van der Waals surface area contributed by atoms with E-state index in [0.29, 0.717) is 6.42 Å². The highest BCUT2D eigenvalue weighted by molar-refractivity contribution is 5.85. The molecule has 0 bridgehead atoms. The number of cyclic esters (lactones) is 1. The minimum Gasteiger partial charge on any atom is -0.464 e. The first-order valence-corrected chi connectivity index (χ1v) is 4.09. The van der Waals surface area contributed by atoms with E-state index < -0.39 is 37.6 Å². The minimum atomic E-state index is -2.76. The molecule has 0 aromatic rings. The number of nitrogens with one attached hydrogen (secondary N) is 1. The van der Waals surface area contributed by atoms with Crippen LogP contribution >= 0.6 is 0 Å². The summed E-state index contributed by atoms with van der Waals surface area (Å²) in [5.41, 5.74) is 0. The second kappa shape index (κ2) is 4.84. The molecule has 0 spiro atoms. The first kappa shape index (κ1) is 4.98. The Hall–Kier alpha value is -1.06. The van der Waals surface area contributed by atoms with Crippen LogP contribution in [0.4, 0.5) is 0 Å². The maximum atomic E-state index is 11.4. The molecule has 0 unspecified atom stereocenters. The van der Waals surface area contributed by atoms with Crippen molar-refractivity contribution in [3.05, 3.63) is 0 Å². The fraction of sp³-hybridized carbons (Fsp3) is 0.778. The lowest BCUT2D eigenvalue weighted by Crippen LogP contribution is -2.37. The second-order valence-corrected chi connectivity index (χ2v) is 2.75. The average Bonchev–Trinajstić information content (AvgIpc) is 2.60. The molecular formula is C9H15NO3. The predicted molar refractivity (Wildman–Crippen MR) is 47.0 cm³/mol. The Kier molecular flexibility index (Phi) is 1.86. The zero-order chi connectivity index (χ0) is 14.0. The molecule has 74 valence electrons. The van der Waals surface area contributed by atoms with Gasteiger partial charge in [0.2, 0.25) is 5.91 Å². The first-order valence-electron chi connectivity index (χ1n) is 6.59. The summed E-state index contributed by atoms with van der Waals surface area (Å²) in [6, 6.07) is -0.698. The fourth-order valence-electron chi connectivity index (χ4n) is 1.07. The van der Waals surface area contributed by atoms with Gasteiger partial charge in [-0.15, -0.1) is 0 Å². The molecule has 1 fully saturated rings. The lowest BCUT2D eigenvalue weighted by molar-refractivity contribution is -0.141. The summed E-state index contributed by atoms with van der Waals surface area (Å²) in [6.07, 6.45) is -2.73. The average molecular weight is 190 g/mol. The van der Waals surface area contributed by atoms with Crippen molar-refractivity contribution >= 4 is 11.9 Å². The number of carbonyl (C=O) groups is 2. The van der Waals surface area contributed by atoms with Crippen LogP contribution in [-0.4, -0.2) is 24.5 Å². The number of rotatable bonds is 4. The van der Waals surface area contributed by atoms with Gasteiger partial charge in [0, 0.05) is 19.7 Å². The summed E-state index contributed by atoms with van der Waals surface area (Å²) >= 11 is 0. The zero-order valence-corrected chi connectivity index (χ0v) is 7.13. The van der Waals surface area contributed by atoms with E-state index >= 15 is 0 Å². The van der Waals surface area contributed by atoms with Crippen LogP contribution in [0.2, 0.25) is 0 Å². The quantitative estimate of drug-likeness (QED) is 0.661. The third-order valence-corrected chi connectivity index (χ3v) is 1.75. The van der Waals surface area contributed by atoms with Crippen molar-refractivity contribution in [2.45, 2.75) is 38.5 Å². The number of esters is 1. The molecule has 1 aliphatic heterocycles. The highest BCUT2D eigenvalue weighted by Crippen LogP contribution is 2.06. The largest absolute Gasteiger partial charge is 0.464 e. The van der Waals surface area contributed by atoms with E-state index in [1.807, 2.05) is 0 Å². The molecule has 0 aromatic carbocycles. The Bertz CT molecular complexity index is 342. The van der Waals surface area contributed by atoms with Gasteiger partial charge in [0.15, 0.2) is 0 Å². The van der Waals surface area contributed by atoms with E-state index in [9.17, 15) is 9.59 Å². The smallest absolute Gasteiger partial charge is 0.328 e. The monoisotopic (exact) mass is 190 g/mol. The van der Waals surface area contributed by atoms with Crippen LogP contribution < -0.4 is 5.32 Å². The molecule has 1 heterocycles. The van der Waals surface area contributed by atoms with E-state index in [0.717, 1.165) is 0 Å². The van der Waals surface area contributed by atoms with Gasteiger partial charge in [-0.25, -0.2) is 4.79 Å². The van der Waals surface area contributed by atoms with Crippen molar-refractivity contribution in [3.8, 4) is 0 Å². The molecule has 1 amide bonds. The highest BCUT2D eigenvalue weighted by atomic mass is 16.5. The Morgan fingerprint density at radius 1 is 1.92 bits per heavy atom. The maximum Gasteiger partial charge on any atom is 0.328 e. The van der Waals surface area contributed by atoms with E-state index in [2.05, 4.69) is 10.1 Å². The summed E-state index contributed by atoms with van der Waals surface area (Å²) in [5.74, 6) is -1.06. The normalized spacial score (nSPS) is 29.1. The number of hydrogen-bond acceptors (Lipinski definition) is 3. The van der Waals surface area contributed by atoms with Crippen molar-refractivity contribution in [1.82, 2.24) is 5.32 Å². The molecule has 0 aromatic heterocycles. The topological polar surface area (TPSA) is 55.4 Å². The van der Waals surface area contributed by atoms with E-state index in [1.165, 1.54) is 0 Å². The molecule has 1 atom stereocenters. The van der Waals surface area contributed by atoms with Gasteiger partial charge in [0.05, 0.1) is 6.61 Å².